The van der Waals surface area contributed by atoms with E-state index in [9.17, 15) is 19.5 Å². The van der Waals surface area contributed by atoms with Gasteiger partial charge in [0.2, 0.25) is 0 Å². The highest BCUT2D eigenvalue weighted by atomic mass is 35.5. The van der Waals surface area contributed by atoms with Gasteiger partial charge in [0.1, 0.15) is 6.04 Å². The van der Waals surface area contributed by atoms with Gasteiger partial charge in [0.05, 0.1) is 10.5 Å². The van der Waals surface area contributed by atoms with Crippen LogP contribution in [0.3, 0.4) is 0 Å². The monoisotopic (exact) mass is 469 g/mol. The number of benzene rings is 2. The topological polar surface area (TPSA) is 120 Å². The van der Waals surface area contributed by atoms with Gasteiger partial charge in [-0.05, 0) is 61.4 Å². The zero-order valence-corrected chi connectivity index (χ0v) is 18.7. The van der Waals surface area contributed by atoms with Crippen molar-refractivity contribution in [3.8, 4) is 0 Å². The molecule has 0 saturated heterocycles. The van der Waals surface area contributed by atoms with E-state index in [4.69, 9.17) is 16.7 Å². The van der Waals surface area contributed by atoms with Crippen molar-refractivity contribution in [2.75, 3.05) is 11.4 Å². The minimum Gasteiger partial charge on any atom is -0.481 e. The van der Waals surface area contributed by atoms with Gasteiger partial charge in [-0.3, -0.25) is 14.6 Å². The first-order chi connectivity index (χ1) is 15.8. The lowest BCUT2D eigenvalue weighted by Gasteiger charge is -2.24. The molecule has 0 spiro atoms. The van der Waals surface area contributed by atoms with Crippen LogP contribution in [0.25, 0.3) is 10.9 Å². The van der Waals surface area contributed by atoms with Crippen molar-refractivity contribution in [2.24, 2.45) is 0 Å². The second kappa shape index (κ2) is 10.8. The Morgan fingerprint density at radius 1 is 1.09 bits per heavy atom. The Kier molecular flexibility index (Phi) is 7.84. The van der Waals surface area contributed by atoms with Gasteiger partial charge in [-0.15, -0.1) is 0 Å². The number of fused-ring (bicyclic) bond motifs is 1. The van der Waals surface area contributed by atoms with E-state index < -0.39 is 23.9 Å². The fraction of sp³-hybridized carbons (Fsp3) is 0.250. The van der Waals surface area contributed by atoms with Crippen LogP contribution in [0.15, 0.2) is 54.7 Å². The molecule has 0 fully saturated rings. The molecule has 3 aromatic rings. The summed E-state index contributed by atoms with van der Waals surface area (Å²) in [6.07, 6.45) is 1.13. The normalized spacial score (nSPS) is 11.7. The number of carboxylic acids is 2. The van der Waals surface area contributed by atoms with Crippen molar-refractivity contribution in [3.05, 3.63) is 70.9 Å². The lowest BCUT2D eigenvalue weighted by atomic mass is 10.1. The molecule has 0 unspecified atom stereocenters. The number of carbonyl (C=O) groups excluding carboxylic acids is 1. The van der Waals surface area contributed by atoms with Crippen LogP contribution in [-0.2, 0) is 16.1 Å². The molecule has 1 atom stereocenters. The highest BCUT2D eigenvalue weighted by molar-refractivity contribution is 6.35. The molecule has 1 aromatic heterocycles. The van der Waals surface area contributed by atoms with Gasteiger partial charge < -0.3 is 20.4 Å². The number of carbonyl (C=O) groups is 3. The summed E-state index contributed by atoms with van der Waals surface area (Å²) in [5, 5.41) is 21.9. The summed E-state index contributed by atoms with van der Waals surface area (Å²) in [4.78, 5) is 40.9. The third kappa shape index (κ3) is 6.20. The number of aliphatic carboxylic acids is 2. The standard InChI is InChI=1S/C24H24ClN3O5/c1-2-28(14-15-3-8-20-18(13-15)19(25)11-12-26-20)17-6-4-16(5-7-17)23(31)27-21(24(32)33)9-10-22(29)30/h3-8,11-13,21H,2,9-10,14H2,1H3,(H,27,31)(H,29,30)(H,32,33)/t21-/m0/s1. The number of carboxylic acid groups (broad SMARTS) is 2. The number of anilines is 1. The summed E-state index contributed by atoms with van der Waals surface area (Å²) in [6, 6.07) is 13.2. The van der Waals surface area contributed by atoms with E-state index in [1.54, 1.807) is 36.5 Å². The Labute approximate surface area is 195 Å². The maximum absolute atomic E-state index is 12.4. The van der Waals surface area contributed by atoms with E-state index in [2.05, 4.69) is 15.2 Å². The first kappa shape index (κ1) is 24.0. The summed E-state index contributed by atoms with van der Waals surface area (Å²) in [6.45, 7) is 3.37. The van der Waals surface area contributed by atoms with Crippen LogP contribution >= 0.6 is 11.6 Å². The molecule has 2 aromatic carbocycles. The molecule has 0 aliphatic carbocycles. The van der Waals surface area contributed by atoms with E-state index in [1.165, 1.54) is 0 Å². The van der Waals surface area contributed by atoms with Gasteiger partial charge in [0.25, 0.3) is 5.91 Å². The molecule has 0 saturated carbocycles. The minimum absolute atomic E-state index is 0.191. The fourth-order valence-corrected chi connectivity index (χ4v) is 3.66. The smallest absolute Gasteiger partial charge is 0.326 e. The first-order valence-corrected chi connectivity index (χ1v) is 10.8. The quantitative estimate of drug-likeness (QED) is 0.411. The molecule has 0 aliphatic heterocycles. The average molecular weight is 470 g/mol. The van der Waals surface area contributed by atoms with Gasteiger partial charge in [-0.1, -0.05) is 17.7 Å². The minimum atomic E-state index is -1.27. The number of halogens is 1. The Balaban J connectivity index is 1.71. The molecule has 172 valence electrons. The SMILES string of the molecule is CCN(Cc1ccc2nccc(Cl)c2c1)c1ccc(C(=O)N[C@@H](CCC(=O)O)C(=O)O)cc1. The third-order valence-corrected chi connectivity index (χ3v) is 5.58. The predicted octanol–water partition coefficient (Wildman–Crippen LogP) is 3.96. The molecule has 1 amide bonds. The first-order valence-electron chi connectivity index (χ1n) is 10.4. The lowest BCUT2D eigenvalue weighted by Crippen LogP contribution is -2.41. The van der Waals surface area contributed by atoms with Crippen molar-refractivity contribution in [2.45, 2.75) is 32.4 Å². The van der Waals surface area contributed by atoms with Crippen LogP contribution in [-0.4, -0.2) is 45.6 Å². The molecule has 3 N–H and O–H groups in total. The van der Waals surface area contributed by atoms with Gasteiger partial charge in [-0.25, -0.2) is 4.79 Å². The van der Waals surface area contributed by atoms with Gasteiger partial charge in [0.15, 0.2) is 0 Å². The van der Waals surface area contributed by atoms with E-state index >= 15 is 0 Å². The van der Waals surface area contributed by atoms with Gasteiger partial charge in [-0.2, -0.15) is 0 Å². The van der Waals surface area contributed by atoms with Crippen molar-refractivity contribution in [1.82, 2.24) is 10.3 Å². The Morgan fingerprint density at radius 2 is 1.82 bits per heavy atom. The molecule has 0 bridgehead atoms. The van der Waals surface area contributed by atoms with Crippen LogP contribution < -0.4 is 10.2 Å². The highest BCUT2D eigenvalue weighted by Gasteiger charge is 2.21. The van der Waals surface area contributed by atoms with Crippen LogP contribution in [0, 0.1) is 0 Å². The number of hydrogen-bond donors (Lipinski definition) is 3. The van der Waals surface area contributed by atoms with E-state index in [0.717, 1.165) is 28.7 Å². The fourth-order valence-electron chi connectivity index (χ4n) is 3.45. The Hall–Kier alpha value is -3.65. The summed E-state index contributed by atoms with van der Waals surface area (Å²) in [5.41, 5.74) is 3.07. The molecule has 0 radical (unpaired) electrons. The van der Waals surface area contributed by atoms with Crippen molar-refractivity contribution < 1.29 is 24.6 Å². The highest BCUT2D eigenvalue weighted by Crippen LogP contribution is 2.24. The number of amides is 1. The molecule has 9 heteroatoms. The van der Waals surface area contributed by atoms with E-state index in [0.29, 0.717) is 17.1 Å². The van der Waals surface area contributed by atoms with E-state index in [-0.39, 0.29) is 12.8 Å². The van der Waals surface area contributed by atoms with Gasteiger partial charge >= 0.3 is 11.9 Å². The van der Waals surface area contributed by atoms with E-state index in [1.807, 2.05) is 25.1 Å². The van der Waals surface area contributed by atoms with Crippen LogP contribution in [0.4, 0.5) is 5.69 Å². The number of nitrogens with zero attached hydrogens (tertiary/aromatic N) is 2. The Bertz CT molecular complexity index is 1170. The summed E-state index contributed by atoms with van der Waals surface area (Å²) >= 11 is 6.30. The molecular formula is C24H24ClN3O5. The molecule has 1 heterocycles. The predicted molar refractivity (Wildman–Crippen MR) is 126 cm³/mol. The maximum Gasteiger partial charge on any atom is 0.326 e. The number of rotatable bonds is 10. The summed E-state index contributed by atoms with van der Waals surface area (Å²) in [7, 11) is 0. The molecule has 0 aliphatic rings. The maximum atomic E-state index is 12.4. The average Bonchev–Trinajstić information content (AvgIpc) is 2.80. The number of aromatic nitrogens is 1. The third-order valence-electron chi connectivity index (χ3n) is 5.25. The largest absolute Gasteiger partial charge is 0.481 e. The van der Waals surface area contributed by atoms with Crippen molar-refractivity contribution >= 4 is 46.0 Å². The zero-order chi connectivity index (χ0) is 24.0. The number of pyridine rings is 1. The Morgan fingerprint density at radius 3 is 2.45 bits per heavy atom. The number of hydrogen-bond acceptors (Lipinski definition) is 5. The second-order valence-electron chi connectivity index (χ2n) is 7.50. The molecular weight excluding hydrogens is 446 g/mol. The van der Waals surface area contributed by atoms with Crippen molar-refractivity contribution in [1.29, 1.82) is 0 Å². The van der Waals surface area contributed by atoms with Crippen LogP contribution in [0.5, 0.6) is 0 Å². The molecule has 3 rings (SSSR count). The lowest BCUT2D eigenvalue weighted by molar-refractivity contribution is -0.140. The van der Waals surface area contributed by atoms with Crippen LogP contribution in [0.2, 0.25) is 5.02 Å². The summed E-state index contributed by atoms with van der Waals surface area (Å²) in [5.74, 6) is -2.97. The zero-order valence-electron chi connectivity index (χ0n) is 18.0. The molecule has 33 heavy (non-hydrogen) atoms. The van der Waals surface area contributed by atoms with Crippen LogP contribution in [0.1, 0.15) is 35.7 Å². The van der Waals surface area contributed by atoms with Gasteiger partial charge in [0, 0.05) is 42.3 Å². The second-order valence-corrected chi connectivity index (χ2v) is 7.91. The number of nitrogens with one attached hydrogen (secondary N) is 1. The summed E-state index contributed by atoms with van der Waals surface area (Å²) < 4.78 is 0. The molecule has 8 nitrogen and oxygen atoms in total. The van der Waals surface area contributed by atoms with Crippen molar-refractivity contribution in [3.63, 3.8) is 0 Å².